The molecule has 3 aromatic rings. The molecule has 9 nitrogen and oxygen atoms in total. The zero-order chi connectivity index (χ0) is 14.7. The van der Waals surface area contributed by atoms with Crippen molar-refractivity contribution in [2.45, 2.75) is 0 Å². The summed E-state index contributed by atoms with van der Waals surface area (Å²) in [6, 6.07) is 9.52. The van der Waals surface area contributed by atoms with E-state index in [0.717, 1.165) is 5.69 Å². The van der Waals surface area contributed by atoms with Gasteiger partial charge in [-0.3, -0.25) is 9.59 Å². The summed E-state index contributed by atoms with van der Waals surface area (Å²) >= 11 is 0. The first kappa shape index (κ1) is 12.7. The number of anilines is 1. The van der Waals surface area contributed by atoms with Gasteiger partial charge >= 0.3 is 0 Å². The first-order chi connectivity index (χ1) is 10.2. The molecule has 0 fully saturated rings. The lowest BCUT2D eigenvalue weighted by Gasteiger charge is -2.05. The average molecular weight is 283 g/mol. The quantitative estimate of drug-likeness (QED) is 0.698. The van der Waals surface area contributed by atoms with Gasteiger partial charge in [0.05, 0.1) is 5.69 Å². The van der Waals surface area contributed by atoms with E-state index in [1.807, 2.05) is 0 Å². The number of amides is 1. The van der Waals surface area contributed by atoms with Crippen molar-refractivity contribution in [3.05, 3.63) is 58.8 Å². The molecule has 0 spiro atoms. The Bertz CT molecular complexity index is 788. The van der Waals surface area contributed by atoms with E-state index in [-0.39, 0.29) is 11.3 Å². The molecule has 0 saturated carbocycles. The molecule has 104 valence electrons. The van der Waals surface area contributed by atoms with Crippen LogP contribution in [0.1, 0.15) is 10.5 Å². The maximum Gasteiger partial charge on any atom is 0.276 e. The molecule has 2 aromatic heterocycles. The fourth-order valence-corrected chi connectivity index (χ4v) is 1.64. The number of aromatic nitrogens is 6. The van der Waals surface area contributed by atoms with E-state index in [4.69, 9.17) is 0 Å². The highest BCUT2D eigenvalue weighted by molar-refractivity contribution is 6.02. The van der Waals surface area contributed by atoms with E-state index in [2.05, 4.69) is 31.0 Å². The van der Waals surface area contributed by atoms with Crippen LogP contribution >= 0.6 is 0 Å². The maximum absolute atomic E-state index is 11.9. The van der Waals surface area contributed by atoms with Crippen LogP contribution in [0.3, 0.4) is 0 Å². The second kappa shape index (κ2) is 5.33. The van der Waals surface area contributed by atoms with Gasteiger partial charge in [0.25, 0.3) is 11.5 Å². The zero-order valence-electron chi connectivity index (χ0n) is 10.6. The predicted molar refractivity (Wildman–Crippen MR) is 72.0 cm³/mol. The lowest BCUT2D eigenvalue weighted by atomic mass is 10.2. The average Bonchev–Trinajstić information content (AvgIpc) is 3.03. The number of carbonyl (C=O) groups excluding carboxylic acids is 1. The Morgan fingerprint density at radius 1 is 1.14 bits per heavy atom. The number of nitrogens with one attached hydrogen (secondary N) is 2. The third kappa shape index (κ3) is 2.81. The van der Waals surface area contributed by atoms with Crippen molar-refractivity contribution in [2.75, 3.05) is 5.32 Å². The van der Waals surface area contributed by atoms with Gasteiger partial charge in [0.2, 0.25) is 0 Å². The second-order valence-electron chi connectivity index (χ2n) is 4.06. The van der Waals surface area contributed by atoms with Gasteiger partial charge in [-0.15, -0.1) is 5.10 Å². The van der Waals surface area contributed by atoms with Gasteiger partial charge < -0.3 is 5.32 Å². The molecule has 0 aliphatic rings. The van der Waals surface area contributed by atoms with Crippen molar-refractivity contribution in [2.24, 2.45) is 0 Å². The molecule has 9 heteroatoms. The van der Waals surface area contributed by atoms with Crippen molar-refractivity contribution in [1.82, 2.24) is 30.4 Å². The first-order valence-electron chi connectivity index (χ1n) is 5.93. The summed E-state index contributed by atoms with van der Waals surface area (Å²) in [7, 11) is 0. The van der Waals surface area contributed by atoms with Crippen LogP contribution in [0.25, 0.3) is 5.69 Å². The number of hydrogen-bond acceptors (Lipinski definition) is 6. The number of carbonyl (C=O) groups is 1. The molecular formula is C12H9N7O2. The minimum atomic E-state index is -0.415. The van der Waals surface area contributed by atoms with Crippen LogP contribution in [0, 0.1) is 0 Å². The third-order valence-corrected chi connectivity index (χ3v) is 2.65. The van der Waals surface area contributed by atoms with Crippen LogP contribution in [0.5, 0.6) is 0 Å². The molecule has 0 aliphatic heterocycles. The molecule has 2 N–H and O–H groups in total. The van der Waals surface area contributed by atoms with E-state index in [1.165, 1.54) is 23.1 Å². The van der Waals surface area contributed by atoms with E-state index >= 15 is 0 Å². The van der Waals surface area contributed by atoms with Gasteiger partial charge in [-0.25, -0.2) is 9.78 Å². The summed E-state index contributed by atoms with van der Waals surface area (Å²) in [4.78, 5) is 22.8. The SMILES string of the molecule is O=C(Nc1ccc(-n2cnnn2)cc1)c1ccc(=O)[nH]n1. The molecule has 0 bridgehead atoms. The topological polar surface area (TPSA) is 118 Å². The Hall–Kier alpha value is -3.36. The minimum Gasteiger partial charge on any atom is -0.321 e. The summed E-state index contributed by atoms with van der Waals surface area (Å²) in [6.07, 6.45) is 1.47. The Kier molecular flexibility index (Phi) is 3.21. The molecule has 1 aromatic carbocycles. The van der Waals surface area contributed by atoms with Crippen LogP contribution in [0.2, 0.25) is 0 Å². The number of nitrogens with zero attached hydrogens (tertiary/aromatic N) is 5. The fourth-order valence-electron chi connectivity index (χ4n) is 1.64. The Balaban J connectivity index is 1.74. The highest BCUT2D eigenvalue weighted by atomic mass is 16.2. The molecular weight excluding hydrogens is 274 g/mol. The molecule has 0 atom stereocenters. The number of rotatable bonds is 3. The summed E-state index contributed by atoms with van der Waals surface area (Å²) in [5, 5.41) is 19.4. The molecule has 0 saturated heterocycles. The zero-order valence-corrected chi connectivity index (χ0v) is 10.6. The number of benzene rings is 1. The van der Waals surface area contributed by atoms with E-state index in [1.54, 1.807) is 24.3 Å². The molecule has 21 heavy (non-hydrogen) atoms. The maximum atomic E-state index is 11.9. The van der Waals surface area contributed by atoms with E-state index < -0.39 is 5.91 Å². The summed E-state index contributed by atoms with van der Waals surface area (Å²) in [5.41, 5.74) is 1.11. The van der Waals surface area contributed by atoms with Crippen molar-refractivity contribution >= 4 is 11.6 Å². The lowest BCUT2D eigenvalue weighted by molar-refractivity contribution is 0.102. The van der Waals surface area contributed by atoms with Crippen molar-refractivity contribution in [3.8, 4) is 5.69 Å². The highest BCUT2D eigenvalue weighted by Crippen LogP contribution is 2.12. The molecule has 0 aliphatic carbocycles. The van der Waals surface area contributed by atoms with Crippen molar-refractivity contribution in [1.29, 1.82) is 0 Å². The van der Waals surface area contributed by atoms with Gasteiger partial charge in [-0.2, -0.15) is 5.10 Å². The van der Waals surface area contributed by atoms with Gasteiger partial charge in [0.15, 0.2) is 0 Å². The summed E-state index contributed by atoms with van der Waals surface area (Å²) in [6.45, 7) is 0. The summed E-state index contributed by atoms with van der Waals surface area (Å²) < 4.78 is 1.50. The van der Waals surface area contributed by atoms with Crippen molar-refractivity contribution in [3.63, 3.8) is 0 Å². The van der Waals surface area contributed by atoms with Crippen LogP contribution in [-0.2, 0) is 0 Å². The Labute approximate surface area is 117 Å². The molecule has 0 radical (unpaired) electrons. The predicted octanol–water partition coefficient (Wildman–Crippen LogP) is -0.00210. The minimum absolute atomic E-state index is 0.124. The lowest BCUT2D eigenvalue weighted by Crippen LogP contribution is -2.17. The van der Waals surface area contributed by atoms with E-state index in [9.17, 15) is 9.59 Å². The van der Waals surface area contributed by atoms with Gasteiger partial charge in [-0.1, -0.05) is 0 Å². The van der Waals surface area contributed by atoms with Crippen molar-refractivity contribution < 1.29 is 4.79 Å². The third-order valence-electron chi connectivity index (χ3n) is 2.65. The van der Waals surface area contributed by atoms with Crippen LogP contribution in [0.15, 0.2) is 47.5 Å². The number of hydrogen-bond donors (Lipinski definition) is 2. The summed E-state index contributed by atoms with van der Waals surface area (Å²) in [5.74, 6) is -0.415. The van der Waals surface area contributed by atoms with Crippen LogP contribution in [0.4, 0.5) is 5.69 Å². The number of tetrazole rings is 1. The highest BCUT2D eigenvalue weighted by Gasteiger charge is 2.08. The van der Waals surface area contributed by atoms with Gasteiger partial charge in [0.1, 0.15) is 12.0 Å². The van der Waals surface area contributed by atoms with Crippen LogP contribution in [-0.4, -0.2) is 36.3 Å². The first-order valence-corrected chi connectivity index (χ1v) is 5.93. The molecule has 2 heterocycles. The van der Waals surface area contributed by atoms with Crippen LogP contribution < -0.4 is 10.9 Å². The Morgan fingerprint density at radius 3 is 2.57 bits per heavy atom. The Morgan fingerprint density at radius 2 is 1.95 bits per heavy atom. The normalized spacial score (nSPS) is 10.3. The standard InChI is InChI=1S/C12H9N7O2/c20-11-6-5-10(15-16-11)12(21)14-8-1-3-9(4-2-8)19-7-13-17-18-19/h1-7H,(H,14,21)(H,16,20). The fraction of sp³-hybridized carbons (Fsp3) is 0. The molecule has 1 amide bonds. The molecule has 0 unspecified atom stereocenters. The van der Waals surface area contributed by atoms with Gasteiger partial charge in [0, 0.05) is 11.8 Å². The smallest absolute Gasteiger partial charge is 0.276 e. The van der Waals surface area contributed by atoms with Gasteiger partial charge in [-0.05, 0) is 40.8 Å². The largest absolute Gasteiger partial charge is 0.321 e. The monoisotopic (exact) mass is 283 g/mol. The number of H-pyrrole nitrogens is 1. The second-order valence-corrected chi connectivity index (χ2v) is 4.06. The molecule has 3 rings (SSSR count). The van der Waals surface area contributed by atoms with E-state index in [0.29, 0.717) is 5.69 Å². The number of aromatic amines is 1.